The fourth-order valence-corrected chi connectivity index (χ4v) is 3.94. The van der Waals surface area contributed by atoms with Crippen LogP contribution < -0.4 is 5.32 Å². The Hall–Kier alpha value is -1.98. The minimum atomic E-state index is -2.45. The molecule has 0 fully saturated rings. The molecule has 0 aromatic carbocycles. The van der Waals surface area contributed by atoms with Crippen LogP contribution in [0.3, 0.4) is 0 Å². The van der Waals surface area contributed by atoms with E-state index in [2.05, 4.69) is 10.3 Å². The van der Waals surface area contributed by atoms with Gasteiger partial charge in [-0.05, 0) is 45.4 Å². The van der Waals surface area contributed by atoms with Crippen molar-refractivity contribution in [3.8, 4) is 0 Å². The zero-order valence-corrected chi connectivity index (χ0v) is 18.6. The van der Waals surface area contributed by atoms with Gasteiger partial charge in [0.05, 0.1) is 19.5 Å². The van der Waals surface area contributed by atoms with Crippen molar-refractivity contribution in [1.82, 2.24) is 5.32 Å². The predicted octanol–water partition coefficient (Wildman–Crippen LogP) is 1.55. The Labute approximate surface area is 178 Å². The molecule has 0 aliphatic rings. The van der Waals surface area contributed by atoms with Crippen LogP contribution in [0.25, 0.3) is 0 Å². The number of amides is 1. The van der Waals surface area contributed by atoms with Crippen LogP contribution in [-0.2, 0) is 29.5 Å². The third-order valence-corrected chi connectivity index (χ3v) is 6.03. The number of nitrogens with zero attached hydrogens (tertiary/aromatic N) is 1. The molecule has 0 saturated carbocycles. The number of hydrogen-bond donors (Lipinski definition) is 2. The molecule has 11 heteroatoms. The van der Waals surface area contributed by atoms with Gasteiger partial charge in [-0.2, -0.15) is 0 Å². The number of hydrogen-bond acceptors (Lipinski definition) is 10. The lowest BCUT2D eigenvalue weighted by molar-refractivity contribution is -0.176. The number of thioether (sulfide) groups is 2. The number of carbonyl (C=O) groups is 3. The molecule has 1 heterocycles. The van der Waals surface area contributed by atoms with Gasteiger partial charge >= 0.3 is 11.9 Å². The Morgan fingerprint density at radius 3 is 2.38 bits per heavy atom. The van der Waals surface area contributed by atoms with E-state index in [1.807, 2.05) is 0 Å². The second kappa shape index (κ2) is 11.3. The average Bonchev–Trinajstić information content (AvgIpc) is 3.25. The topological polar surface area (TPSA) is 127 Å². The van der Waals surface area contributed by atoms with E-state index < -0.39 is 29.1 Å². The smallest absolute Gasteiger partial charge is 0.337 e. The Bertz CT molecular complexity index is 720. The summed E-state index contributed by atoms with van der Waals surface area (Å²) >= 11 is 2.49. The maximum absolute atomic E-state index is 13.0. The maximum Gasteiger partial charge on any atom is 0.337 e. The van der Waals surface area contributed by atoms with Gasteiger partial charge in [0.1, 0.15) is 10.1 Å². The van der Waals surface area contributed by atoms with Gasteiger partial charge in [-0.1, -0.05) is 0 Å². The summed E-state index contributed by atoms with van der Waals surface area (Å²) in [7, 11) is 0. The van der Waals surface area contributed by atoms with Crippen LogP contribution in [0.5, 0.6) is 0 Å². The molecule has 0 aliphatic heterocycles. The van der Waals surface area contributed by atoms with Gasteiger partial charge in [0, 0.05) is 0 Å². The van der Waals surface area contributed by atoms with Crippen LogP contribution in [-0.4, -0.2) is 65.1 Å². The van der Waals surface area contributed by atoms with Crippen molar-refractivity contribution in [1.29, 1.82) is 0 Å². The summed E-state index contributed by atoms with van der Waals surface area (Å²) < 4.78 is 16.0. The predicted molar refractivity (Wildman–Crippen MR) is 112 cm³/mol. The molecule has 29 heavy (non-hydrogen) atoms. The van der Waals surface area contributed by atoms with E-state index >= 15 is 0 Å². The van der Waals surface area contributed by atoms with Gasteiger partial charge in [0.25, 0.3) is 0 Å². The standard InChI is InChI=1S/C18H26N2O7S2/c1-6-25-14(22)13(19-11-21)18(24,12-9-8-10-27-12)17(3,15(23)26-7-2)20-16(28-4)29-5/h8-11,13,24H,6-7H2,1-5H3,(H,19,21)/t13-,17-,18-/m0/s1. The molecule has 0 saturated heterocycles. The number of ether oxygens (including phenoxy) is 2. The molecule has 0 radical (unpaired) electrons. The Morgan fingerprint density at radius 2 is 1.93 bits per heavy atom. The van der Waals surface area contributed by atoms with Gasteiger partial charge in [-0.3, -0.25) is 4.79 Å². The second-order valence-electron chi connectivity index (χ2n) is 5.79. The van der Waals surface area contributed by atoms with E-state index in [1.54, 1.807) is 26.4 Å². The molecule has 1 aromatic rings. The zero-order chi connectivity index (χ0) is 22.1. The van der Waals surface area contributed by atoms with Crippen molar-refractivity contribution in [2.24, 2.45) is 4.99 Å². The molecule has 2 N–H and O–H groups in total. The lowest BCUT2D eigenvalue weighted by Crippen LogP contribution is -2.66. The quantitative estimate of drug-likeness (QED) is 0.238. The van der Waals surface area contributed by atoms with E-state index in [0.29, 0.717) is 4.38 Å². The highest BCUT2D eigenvalue weighted by molar-refractivity contribution is 8.38. The normalized spacial score (nSPS) is 15.9. The van der Waals surface area contributed by atoms with Crippen LogP contribution in [0.2, 0.25) is 0 Å². The van der Waals surface area contributed by atoms with Gasteiger partial charge in [0.2, 0.25) is 6.41 Å². The molecule has 0 unspecified atom stereocenters. The first-order valence-electron chi connectivity index (χ1n) is 8.74. The summed E-state index contributed by atoms with van der Waals surface area (Å²) in [6, 6.07) is 1.15. The zero-order valence-electron chi connectivity index (χ0n) is 17.0. The van der Waals surface area contributed by atoms with E-state index in [4.69, 9.17) is 13.9 Å². The number of nitrogens with one attached hydrogen (secondary N) is 1. The van der Waals surface area contributed by atoms with Crippen molar-refractivity contribution in [2.75, 3.05) is 25.7 Å². The molecular weight excluding hydrogens is 420 g/mol. The number of carbonyl (C=O) groups excluding carboxylic acids is 3. The summed E-state index contributed by atoms with van der Waals surface area (Å²) in [6.07, 6.45) is 5.00. The first-order chi connectivity index (χ1) is 13.8. The van der Waals surface area contributed by atoms with Crippen molar-refractivity contribution in [3.05, 3.63) is 24.2 Å². The highest BCUT2D eigenvalue weighted by Gasteiger charge is 2.64. The van der Waals surface area contributed by atoms with E-state index in [-0.39, 0.29) is 25.4 Å². The van der Waals surface area contributed by atoms with Crippen molar-refractivity contribution in [3.63, 3.8) is 0 Å². The molecule has 1 amide bonds. The van der Waals surface area contributed by atoms with Crippen molar-refractivity contribution in [2.45, 2.75) is 38.0 Å². The van der Waals surface area contributed by atoms with Gasteiger partial charge in [0.15, 0.2) is 17.2 Å². The third-order valence-electron chi connectivity index (χ3n) is 4.15. The first-order valence-corrected chi connectivity index (χ1v) is 11.2. The number of esters is 2. The number of rotatable bonds is 10. The van der Waals surface area contributed by atoms with Crippen LogP contribution in [0, 0.1) is 0 Å². The number of aliphatic hydroxyl groups is 1. The summed E-state index contributed by atoms with van der Waals surface area (Å²) in [4.78, 5) is 41.4. The SMILES string of the molecule is CCOC(=O)[C@H](NC=O)[C@@](O)(c1ccco1)[C@@](C)(N=C(SC)SC)C(=O)OCC. The summed E-state index contributed by atoms with van der Waals surface area (Å²) in [5.74, 6) is -2.02. The lowest BCUT2D eigenvalue weighted by atomic mass is 9.74. The largest absolute Gasteiger partial charge is 0.466 e. The van der Waals surface area contributed by atoms with Crippen LogP contribution in [0.4, 0.5) is 0 Å². The first kappa shape index (κ1) is 25.1. The minimum Gasteiger partial charge on any atom is -0.466 e. The van der Waals surface area contributed by atoms with Gasteiger partial charge < -0.3 is 24.3 Å². The highest BCUT2D eigenvalue weighted by atomic mass is 32.2. The number of aliphatic imine (C=N–C) groups is 1. The van der Waals surface area contributed by atoms with Gasteiger partial charge in [-0.15, -0.1) is 23.5 Å². The number of furan rings is 1. The van der Waals surface area contributed by atoms with Crippen molar-refractivity contribution < 1.29 is 33.4 Å². The van der Waals surface area contributed by atoms with E-state index in [1.165, 1.54) is 48.8 Å². The molecule has 162 valence electrons. The Kier molecular flexibility index (Phi) is 9.74. The van der Waals surface area contributed by atoms with Crippen molar-refractivity contribution >= 4 is 46.2 Å². The fraction of sp³-hybridized carbons (Fsp3) is 0.556. The summed E-state index contributed by atoms with van der Waals surface area (Å²) in [5.41, 5.74) is -4.51. The Morgan fingerprint density at radius 1 is 1.31 bits per heavy atom. The lowest BCUT2D eigenvalue weighted by Gasteiger charge is -2.42. The fourth-order valence-electron chi connectivity index (χ4n) is 2.73. The Balaban J connectivity index is 3.86. The summed E-state index contributed by atoms with van der Waals surface area (Å²) in [6.45, 7) is 4.49. The van der Waals surface area contributed by atoms with E-state index in [9.17, 15) is 19.5 Å². The minimum absolute atomic E-state index is 0.00956. The van der Waals surface area contributed by atoms with Gasteiger partial charge in [-0.25, -0.2) is 14.6 Å². The molecule has 0 bridgehead atoms. The van der Waals surface area contributed by atoms with Crippen LogP contribution in [0.1, 0.15) is 26.5 Å². The monoisotopic (exact) mass is 446 g/mol. The van der Waals surface area contributed by atoms with E-state index in [0.717, 1.165) is 0 Å². The summed E-state index contributed by atoms with van der Waals surface area (Å²) in [5, 5.41) is 14.1. The second-order valence-corrected chi connectivity index (χ2v) is 7.64. The molecule has 0 spiro atoms. The van der Waals surface area contributed by atoms with Crippen LogP contribution in [0.15, 0.2) is 27.8 Å². The molecule has 9 nitrogen and oxygen atoms in total. The molecule has 3 atom stereocenters. The molecule has 0 aliphatic carbocycles. The average molecular weight is 447 g/mol. The van der Waals surface area contributed by atoms with Crippen LogP contribution >= 0.6 is 23.5 Å². The molecule has 1 aromatic heterocycles. The molecule has 1 rings (SSSR count). The molecular formula is C18H26N2O7S2. The maximum atomic E-state index is 13.0. The third kappa shape index (κ3) is 5.14. The highest BCUT2D eigenvalue weighted by Crippen LogP contribution is 2.42.